The average Bonchev–Trinajstić information content (AvgIpc) is 2.62. The number of aromatic carboxylic acids is 1. The van der Waals surface area contributed by atoms with Gasteiger partial charge in [0.1, 0.15) is 5.69 Å². The number of carboxylic acids is 1. The van der Waals surface area contributed by atoms with Crippen LogP contribution in [0, 0.1) is 0 Å². The van der Waals surface area contributed by atoms with Crippen LogP contribution in [0.25, 0.3) is 11.3 Å². The Kier molecular flexibility index (Phi) is 3.97. The molecule has 1 aromatic heterocycles. The van der Waals surface area contributed by atoms with Crippen molar-refractivity contribution >= 4 is 11.8 Å². The van der Waals surface area contributed by atoms with E-state index in [1.807, 2.05) is 36.4 Å². The Bertz CT molecular complexity index is 873. The van der Waals surface area contributed by atoms with Crippen LogP contribution in [0.4, 0.5) is 0 Å². The van der Waals surface area contributed by atoms with Crippen molar-refractivity contribution in [3.05, 3.63) is 89.6 Å². The number of hydrogen-bond acceptors (Lipinski definition) is 3. The quantitative estimate of drug-likeness (QED) is 0.747. The van der Waals surface area contributed by atoms with Crippen molar-refractivity contribution in [3.63, 3.8) is 0 Å². The topological polar surface area (TPSA) is 67.3 Å². The van der Waals surface area contributed by atoms with Gasteiger partial charge in [-0.05, 0) is 18.2 Å². The molecule has 0 saturated carbocycles. The van der Waals surface area contributed by atoms with Crippen molar-refractivity contribution in [1.82, 2.24) is 4.98 Å². The number of hydrogen-bond donors (Lipinski definition) is 1. The molecule has 0 saturated heterocycles. The fourth-order valence-electron chi connectivity index (χ4n) is 2.34. The van der Waals surface area contributed by atoms with Crippen molar-refractivity contribution in [2.24, 2.45) is 0 Å². The van der Waals surface area contributed by atoms with Crippen molar-refractivity contribution in [2.45, 2.75) is 0 Å². The summed E-state index contributed by atoms with van der Waals surface area (Å²) >= 11 is 0. The van der Waals surface area contributed by atoms with E-state index in [-0.39, 0.29) is 16.8 Å². The maximum atomic E-state index is 12.6. The smallest absolute Gasteiger partial charge is 0.336 e. The third-order valence-electron chi connectivity index (χ3n) is 3.45. The highest BCUT2D eigenvalue weighted by atomic mass is 16.4. The van der Waals surface area contributed by atoms with Crippen LogP contribution in [0.1, 0.15) is 26.4 Å². The number of carbonyl (C=O) groups excluding carboxylic acids is 1. The number of aromatic nitrogens is 1. The summed E-state index contributed by atoms with van der Waals surface area (Å²) in [4.78, 5) is 28.3. The molecule has 0 amide bonds. The Balaban J connectivity index is 2.03. The first kappa shape index (κ1) is 14.7. The fourth-order valence-corrected chi connectivity index (χ4v) is 2.34. The molecule has 112 valence electrons. The van der Waals surface area contributed by atoms with Gasteiger partial charge in [0.15, 0.2) is 0 Å². The van der Waals surface area contributed by atoms with Crippen LogP contribution in [0.5, 0.6) is 0 Å². The zero-order valence-corrected chi connectivity index (χ0v) is 12.1. The van der Waals surface area contributed by atoms with E-state index in [4.69, 9.17) is 0 Å². The second kappa shape index (κ2) is 6.23. The van der Waals surface area contributed by atoms with E-state index in [1.54, 1.807) is 24.3 Å². The van der Waals surface area contributed by atoms with E-state index in [0.717, 1.165) is 5.56 Å². The molecule has 2 aromatic carbocycles. The lowest BCUT2D eigenvalue weighted by atomic mass is 10.0. The minimum atomic E-state index is -1.13. The third kappa shape index (κ3) is 3.01. The van der Waals surface area contributed by atoms with Gasteiger partial charge in [0, 0.05) is 11.1 Å². The van der Waals surface area contributed by atoms with Gasteiger partial charge in [-0.15, -0.1) is 0 Å². The second-order valence-corrected chi connectivity index (χ2v) is 4.95. The maximum absolute atomic E-state index is 12.6. The summed E-state index contributed by atoms with van der Waals surface area (Å²) < 4.78 is 0. The molecule has 1 N–H and O–H groups in total. The Morgan fingerprint density at radius 2 is 1.39 bits per heavy atom. The van der Waals surface area contributed by atoms with Gasteiger partial charge in [0.2, 0.25) is 5.78 Å². The molecule has 4 nitrogen and oxygen atoms in total. The lowest BCUT2D eigenvalue weighted by Gasteiger charge is -2.06. The Morgan fingerprint density at radius 3 is 2.09 bits per heavy atom. The Hall–Kier alpha value is -3.27. The molecule has 0 fully saturated rings. The summed E-state index contributed by atoms with van der Waals surface area (Å²) in [5.41, 5.74) is 1.90. The normalized spacial score (nSPS) is 10.3. The van der Waals surface area contributed by atoms with Gasteiger partial charge in [-0.1, -0.05) is 54.6 Å². The molecule has 0 aliphatic heterocycles. The molecule has 0 spiro atoms. The largest absolute Gasteiger partial charge is 0.478 e. The molecular formula is C19H13NO3. The van der Waals surface area contributed by atoms with E-state index in [1.165, 1.54) is 12.1 Å². The summed E-state index contributed by atoms with van der Waals surface area (Å²) in [7, 11) is 0. The summed E-state index contributed by atoms with van der Waals surface area (Å²) in [5.74, 6) is -1.53. The molecule has 3 rings (SSSR count). The van der Waals surface area contributed by atoms with E-state index in [0.29, 0.717) is 5.69 Å². The van der Waals surface area contributed by atoms with Gasteiger partial charge < -0.3 is 5.11 Å². The second-order valence-electron chi connectivity index (χ2n) is 4.95. The first-order valence-corrected chi connectivity index (χ1v) is 7.06. The number of rotatable bonds is 4. The number of pyridine rings is 1. The molecule has 3 aromatic rings. The third-order valence-corrected chi connectivity index (χ3v) is 3.45. The molecule has 0 atom stereocenters. The van der Waals surface area contributed by atoms with Crippen molar-refractivity contribution in [2.75, 3.05) is 0 Å². The Morgan fingerprint density at radius 1 is 0.739 bits per heavy atom. The average molecular weight is 303 g/mol. The fraction of sp³-hybridized carbons (Fsp3) is 0. The number of carbonyl (C=O) groups is 2. The van der Waals surface area contributed by atoms with Gasteiger partial charge >= 0.3 is 5.97 Å². The zero-order chi connectivity index (χ0) is 16.2. The number of benzene rings is 2. The van der Waals surface area contributed by atoms with Gasteiger partial charge in [-0.3, -0.25) is 4.79 Å². The van der Waals surface area contributed by atoms with E-state index < -0.39 is 11.8 Å². The zero-order valence-electron chi connectivity index (χ0n) is 12.1. The molecule has 23 heavy (non-hydrogen) atoms. The first-order chi connectivity index (χ1) is 11.2. The molecule has 4 heteroatoms. The maximum Gasteiger partial charge on any atom is 0.336 e. The predicted molar refractivity (Wildman–Crippen MR) is 86.5 cm³/mol. The standard InChI is InChI=1S/C19H13NO3/c21-18(14-9-4-5-10-15(14)19(22)23)17-12-6-11-16(20-17)13-7-2-1-3-8-13/h1-12H,(H,22,23). The molecule has 0 bridgehead atoms. The molecule has 0 unspecified atom stereocenters. The number of nitrogens with zero attached hydrogens (tertiary/aromatic N) is 1. The van der Waals surface area contributed by atoms with Crippen LogP contribution < -0.4 is 0 Å². The van der Waals surface area contributed by atoms with Gasteiger partial charge in [-0.25, -0.2) is 9.78 Å². The van der Waals surface area contributed by atoms with Crippen LogP contribution in [-0.2, 0) is 0 Å². The number of ketones is 1. The highest BCUT2D eigenvalue weighted by Gasteiger charge is 2.18. The summed E-state index contributed by atoms with van der Waals surface area (Å²) in [5, 5.41) is 9.22. The lowest BCUT2D eigenvalue weighted by molar-refractivity contribution is 0.0692. The summed E-state index contributed by atoms with van der Waals surface area (Å²) in [6.07, 6.45) is 0. The predicted octanol–water partition coefficient (Wildman–Crippen LogP) is 3.68. The van der Waals surface area contributed by atoms with E-state index in [2.05, 4.69) is 4.98 Å². The van der Waals surface area contributed by atoms with Crippen molar-refractivity contribution < 1.29 is 14.7 Å². The number of carboxylic acid groups (broad SMARTS) is 1. The highest BCUT2D eigenvalue weighted by molar-refractivity contribution is 6.13. The lowest BCUT2D eigenvalue weighted by Crippen LogP contribution is -2.11. The van der Waals surface area contributed by atoms with Gasteiger partial charge in [0.05, 0.1) is 11.3 Å². The van der Waals surface area contributed by atoms with Crippen molar-refractivity contribution in [3.8, 4) is 11.3 Å². The molecule has 1 heterocycles. The van der Waals surface area contributed by atoms with Crippen LogP contribution in [0.3, 0.4) is 0 Å². The molecule has 0 aliphatic carbocycles. The van der Waals surface area contributed by atoms with E-state index >= 15 is 0 Å². The monoisotopic (exact) mass is 303 g/mol. The van der Waals surface area contributed by atoms with Gasteiger partial charge in [-0.2, -0.15) is 0 Å². The first-order valence-electron chi connectivity index (χ1n) is 7.06. The highest BCUT2D eigenvalue weighted by Crippen LogP contribution is 2.19. The molecule has 0 aliphatic rings. The van der Waals surface area contributed by atoms with Gasteiger partial charge in [0.25, 0.3) is 0 Å². The van der Waals surface area contributed by atoms with Crippen LogP contribution in [-0.4, -0.2) is 21.8 Å². The minimum Gasteiger partial charge on any atom is -0.478 e. The Labute approximate surface area is 133 Å². The molecule has 0 radical (unpaired) electrons. The minimum absolute atomic E-state index is 0.0237. The summed E-state index contributed by atoms with van der Waals surface area (Å²) in [6.45, 7) is 0. The van der Waals surface area contributed by atoms with Crippen molar-refractivity contribution in [1.29, 1.82) is 0 Å². The molecular weight excluding hydrogens is 290 g/mol. The van der Waals surface area contributed by atoms with Crippen LogP contribution in [0.15, 0.2) is 72.8 Å². The van der Waals surface area contributed by atoms with E-state index in [9.17, 15) is 14.7 Å². The SMILES string of the molecule is O=C(O)c1ccccc1C(=O)c1cccc(-c2ccccc2)n1. The summed E-state index contributed by atoms with van der Waals surface area (Å²) in [6, 6.07) is 20.8. The van der Waals surface area contributed by atoms with Crippen LogP contribution in [0.2, 0.25) is 0 Å². The van der Waals surface area contributed by atoms with Crippen LogP contribution >= 0.6 is 0 Å².